The van der Waals surface area contributed by atoms with Gasteiger partial charge in [0.15, 0.2) is 0 Å². The molecular formula is C10H14N4. The zero-order chi connectivity index (χ0) is 10.1. The molecule has 0 spiro atoms. The molecule has 14 heavy (non-hydrogen) atoms. The molecular weight excluding hydrogens is 176 g/mol. The summed E-state index contributed by atoms with van der Waals surface area (Å²) in [5.74, 6) is 0. The summed E-state index contributed by atoms with van der Waals surface area (Å²) in [6.45, 7) is 5.02. The second kappa shape index (κ2) is 3.29. The van der Waals surface area contributed by atoms with Crippen LogP contribution in [-0.4, -0.2) is 19.6 Å². The Hall–Kier alpha value is -1.58. The van der Waals surface area contributed by atoms with Crippen molar-refractivity contribution in [3.63, 3.8) is 0 Å². The number of hydrogen-bond donors (Lipinski definition) is 0. The standard InChI is InChI=1S/C10H14N4/c1-8-4-14(5-9(8)2)7-10-6-13(3)12-11-10/h4-6H,7H2,1-3H3. The highest BCUT2D eigenvalue weighted by Crippen LogP contribution is 2.08. The van der Waals surface area contributed by atoms with Crippen LogP contribution in [0.3, 0.4) is 0 Å². The van der Waals surface area contributed by atoms with Crippen molar-refractivity contribution in [1.82, 2.24) is 19.6 Å². The Balaban J connectivity index is 2.18. The lowest BCUT2D eigenvalue weighted by Gasteiger charge is -1.96. The summed E-state index contributed by atoms with van der Waals surface area (Å²) < 4.78 is 3.85. The predicted octanol–water partition coefficient (Wildman–Crippen LogP) is 1.28. The van der Waals surface area contributed by atoms with Crippen LogP contribution in [0.4, 0.5) is 0 Å². The Morgan fingerprint density at radius 3 is 2.29 bits per heavy atom. The Morgan fingerprint density at radius 2 is 1.79 bits per heavy atom. The highest BCUT2D eigenvalue weighted by molar-refractivity contribution is 5.21. The molecule has 2 aromatic rings. The van der Waals surface area contributed by atoms with E-state index in [1.807, 2.05) is 13.2 Å². The molecule has 74 valence electrons. The smallest absolute Gasteiger partial charge is 0.102 e. The maximum atomic E-state index is 4.04. The fourth-order valence-corrected chi connectivity index (χ4v) is 1.48. The van der Waals surface area contributed by atoms with Crippen LogP contribution in [0.2, 0.25) is 0 Å². The van der Waals surface area contributed by atoms with Gasteiger partial charge in [0.25, 0.3) is 0 Å². The minimum Gasteiger partial charge on any atom is -0.348 e. The first-order valence-electron chi connectivity index (χ1n) is 4.63. The van der Waals surface area contributed by atoms with Crippen molar-refractivity contribution in [2.75, 3.05) is 0 Å². The van der Waals surface area contributed by atoms with Crippen molar-refractivity contribution < 1.29 is 0 Å². The molecule has 0 aliphatic rings. The Morgan fingerprint density at radius 1 is 1.14 bits per heavy atom. The molecule has 0 aliphatic carbocycles. The molecule has 0 saturated heterocycles. The van der Waals surface area contributed by atoms with Gasteiger partial charge >= 0.3 is 0 Å². The summed E-state index contributed by atoms with van der Waals surface area (Å²) in [6, 6.07) is 0. The summed E-state index contributed by atoms with van der Waals surface area (Å²) in [7, 11) is 1.88. The quantitative estimate of drug-likeness (QED) is 0.715. The third-order valence-corrected chi connectivity index (χ3v) is 2.34. The van der Waals surface area contributed by atoms with E-state index >= 15 is 0 Å². The second-order valence-corrected chi connectivity index (χ2v) is 3.68. The molecule has 0 bridgehead atoms. The van der Waals surface area contributed by atoms with Gasteiger partial charge in [-0.15, -0.1) is 5.10 Å². The highest BCUT2D eigenvalue weighted by atomic mass is 15.4. The molecule has 2 aromatic heterocycles. The molecule has 2 heterocycles. The van der Waals surface area contributed by atoms with Crippen LogP contribution in [-0.2, 0) is 13.6 Å². The lowest BCUT2D eigenvalue weighted by molar-refractivity contribution is 0.709. The number of hydrogen-bond acceptors (Lipinski definition) is 2. The molecule has 0 amide bonds. The summed E-state index contributed by atoms with van der Waals surface area (Å²) >= 11 is 0. The predicted molar refractivity (Wildman–Crippen MR) is 54.0 cm³/mol. The Kier molecular flexibility index (Phi) is 2.11. The number of aryl methyl sites for hydroxylation is 3. The van der Waals surface area contributed by atoms with Crippen LogP contribution in [0, 0.1) is 13.8 Å². The molecule has 4 heteroatoms. The van der Waals surface area contributed by atoms with Crippen molar-refractivity contribution in [3.8, 4) is 0 Å². The fraction of sp³-hybridized carbons (Fsp3) is 0.400. The van der Waals surface area contributed by atoms with E-state index in [2.05, 4.69) is 41.1 Å². The largest absolute Gasteiger partial charge is 0.348 e. The van der Waals surface area contributed by atoms with E-state index in [9.17, 15) is 0 Å². The van der Waals surface area contributed by atoms with Gasteiger partial charge < -0.3 is 4.57 Å². The molecule has 0 aromatic carbocycles. The van der Waals surface area contributed by atoms with Crippen molar-refractivity contribution in [3.05, 3.63) is 35.4 Å². The van der Waals surface area contributed by atoms with Gasteiger partial charge in [0.2, 0.25) is 0 Å². The molecule has 4 nitrogen and oxygen atoms in total. The maximum Gasteiger partial charge on any atom is 0.102 e. The number of rotatable bonds is 2. The van der Waals surface area contributed by atoms with Gasteiger partial charge in [0, 0.05) is 25.6 Å². The minimum absolute atomic E-state index is 0.794. The lowest BCUT2D eigenvalue weighted by atomic mass is 10.2. The average molecular weight is 190 g/mol. The first kappa shape index (κ1) is 8.99. The zero-order valence-corrected chi connectivity index (χ0v) is 8.73. The normalized spacial score (nSPS) is 10.8. The van der Waals surface area contributed by atoms with E-state index in [-0.39, 0.29) is 0 Å². The molecule has 0 aliphatic heterocycles. The fourth-order valence-electron chi connectivity index (χ4n) is 1.48. The first-order chi connectivity index (χ1) is 6.65. The third-order valence-electron chi connectivity index (χ3n) is 2.34. The third kappa shape index (κ3) is 1.69. The van der Waals surface area contributed by atoms with Gasteiger partial charge in [-0.2, -0.15) is 0 Å². The topological polar surface area (TPSA) is 35.6 Å². The van der Waals surface area contributed by atoms with Crippen molar-refractivity contribution in [1.29, 1.82) is 0 Å². The van der Waals surface area contributed by atoms with Gasteiger partial charge in [-0.05, 0) is 25.0 Å². The van der Waals surface area contributed by atoms with E-state index in [0.29, 0.717) is 0 Å². The molecule has 0 unspecified atom stereocenters. The summed E-state index contributed by atoms with van der Waals surface area (Å²) in [6.07, 6.45) is 6.19. The Bertz CT molecular complexity index is 419. The molecule has 0 N–H and O–H groups in total. The van der Waals surface area contributed by atoms with Crippen molar-refractivity contribution in [2.45, 2.75) is 20.4 Å². The van der Waals surface area contributed by atoms with Crippen LogP contribution in [0.15, 0.2) is 18.6 Å². The van der Waals surface area contributed by atoms with E-state index in [0.717, 1.165) is 12.2 Å². The average Bonchev–Trinajstić information content (AvgIpc) is 2.62. The molecule has 2 rings (SSSR count). The summed E-state index contributed by atoms with van der Waals surface area (Å²) in [4.78, 5) is 0. The van der Waals surface area contributed by atoms with E-state index < -0.39 is 0 Å². The van der Waals surface area contributed by atoms with Gasteiger partial charge in [0.05, 0.1) is 6.54 Å². The van der Waals surface area contributed by atoms with Crippen LogP contribution >= 0.6 is 0 Å². The van der Waals surface area contributed by atoms with E-state index in [4.69, 9.17) is 0 Å². The van der Waals surface area contributed by atoms with Crippen LogP contribution in [0.25, 0.3) is 0 Å². The van der Waals surface area contributed by atoms with E-state index in [1.54, 1.807) is 4.68 Å². The monoisotopic (exact) mass is 190 g/mol. The van der Waals surface area contributed by atoms with Gasteiger partial charge in [-0.25, -0.2) is 0 Å². The molecule has 0 saturated carbocycles. The van der Waals surface area contributed by atoms with Crippen molar-refractivity contribution in [2.24, 2.45) is 7.05 Å². The zero-order valence-electron chi connectivity index (χ0n) is 8.73. The summed E-state index contributed by atoms with van der Waals surface area (Å²) in [5.41, 5.74) is 3.62. The number of nitrogens with zero attached hydrogens (tertiary/aromatic N) is 4. The van der Waals surface area contributed by atoms with Crippen LogP contribution in [0.1, 0.15) is 16.8 Å². The van der Waals surface area contributed by atoms with Crippen LogP contribution < -0.4 is 0 Å². The molecule has 0 fully saturated rings. The Labute approximate surface area is 83.2 Å². The first-order valence-corrected chi connectivity index (χ1v) is 4.63. The SMILES string of the molecule is Cc1cn(Cc2cn(C)nn2)cc1C. The van der Waals surface area contributed by atoms with E-state index in [1.165, 1.54) is 11.1 Å². The maximum absolute atomic E-state index is 4.04. The van der Waals surface area contributed by atoms with Gasteiger partial charge in [0.1, 0.15) is 5.69 Å². The second-order valence-electron chi connectivity index (χ2n) is 3.68. The number of aromatic nitrogens is 4. The van der Waals surface area contributed by atoms with Gasteiger partial charge in [-0.3, -0.25) is 4.68 Å². The van der Waals surface area contributed by atoms with Crippen molar-refractivity contribution >= 4 is 0 Å². The molecule has 0 atom stereocenters. The molecule has 0 radical (unpaired) electrons. The minimum atomic E-state index is 0.794. The summed E-state index contributed by atoms with van der Waals surface area (Å²) in [5, 5.41) is 7.94. The van der Waals surface area contributed by atoms with Gasteiger partial charge in [-0.1, -0.05) is 5.21 Å². The lowest BCUT2D eigenvalue weighted by Crippen LogP contribution is -1.96. The van der Waals surface area contributed by atoms with Crippen LogP contribution in [0.5, 0.6) is 0 Å². The highest BCUT2D eigenvalue weighted by Gasteiger charge is 2.01.